The van der Waals surface area contributed by atoms with Crippen LogP contribution in [0.25, 0.3) is 11.0 Å². The number of rotatable bonds is 8. The van der Waals surface area contributed by atoms with Crippen molar-refractivity contribution in [2.75, 3.05) is 27.3 Å². The molecule has 0 aliphatic carbocycles. The zero-order valence-electron chi connectivity index (χ0n) is 16.6. The number of aliphatic imine (C=N–C) groups is 1. The summed E-state index contributed by atoms with van der Waals surface area (Å²) in [4.78, 5) is 12.6. The Morgan fingerprint density at radius 1 is 1.11 bits per heavy atom. The van der Waals surface area contributed by atoms with Gasteiger partial charge in [-0.05, 0) is 31.2 Å². The van der Waals surface area contributed by atoms with Crippen molar-refractivity contribution in [3.05, 3.63) is 53.9 Å². The second-order valence-electron chi connectivity index (χ2n) is 6.25. The summed E-state index contributed by atoms with van der Waals surface area (Å²) in [6, 6.07) is 13.8. The van der Waals surface area contributed by atoms with Gasteiger partial charge in [0.15, 0.2) is 5.96 Å². The molecular weight excluding hydrogens is 354 g/mol. The maximum absolute atomic E-state index is 5.45. The molecule has 0 atom stereocenters. The van der Waals surface area contributed by atoms with Gasteiger partial charge in [0.25, 0.3) is 0 Å². The van der Waals surface area contributed by atoms with E-state index < -0.39 is 0 Å². The Kier molecular flexibility index (Phi) is 6.73. The number of guanidine groups is 1. The molecule has 3 N–H and O–H groups in total. The van der Waals surface area contributed by atoms with Crippen molar-refractivity contribution in [3.8, 4) is 11.5 Å². The molecule has 7 heteroatoms. The molecule has 0 amide bonds. The highest BCUT2D eigenvalue weighted by Crippen LogP contribution is 2.25. The molecule has 0 aliphatic heterocycles. The summed E-state index contributed by atoms with van der Waals surface area (Å²) in [5.74, 6) is 3.25. The smallest absolute Gasteiger partial charge is 0.191 e. The fraction of sp³-hybridized carbons (Fsp3) is 0.333. The number of hydrogen-bond donors (Lipinski definition) is 3. The number of fused-ring (bicyclic) bond motifs is 1. The van der Waals surface area contributed by atoms with Crippen molar-refractivity contribution in [2.24, 2.45) is 4.99 Å². The van der Waals surface area contributed by atoms with Crippen LogP contribution in [0.3, 0.4) is 0 Å². The van der Waals surface area contributed by atoms with Crippen molar-refractivity contribution < 1.29 is 9.47 Å². The summed E-state index contributed by atoms with van der Waals surface area (Å²) in [6.07, 6.45) is 0.783. The van der Waals surface area contributed by atoms with Crippen LogP contribution in [0.1, 0.15) is 18.3 Å². The average Bonchev–Trinajstić information content (AvgIpc) is 3.14. The Bertz CT molecular complexity index is 902. The van der Waals surface area contributed by atoms with E-state index in [2.05, 4.69) is 25.6 Å². The number of aromatic nitrogens is 2. The Balaban J connectivity index is 1.61. The molecule has 2 aromatic carbocycles. The van der Waals surface area contributed by atoms with E-state index in [0.29, 0.717) is 6.54 Å². The van der Waals surface area contributed by atoms with Crippen molar-refractivity contribution >= 4 is 17.0 Å². The number of H-pyrrole nitrogens is 1. The number of nitrogens with one attached hydrogen (secondary N) is 3. The van der Waals surface area contributed by atoms with E-state index in [0.717, 1.165) is 59.4 Å². The fourth-order valence-electron chi connectivity index (χ4n) is 2.91. The van der Waals surface area contributed by atoms with Gasteiger partial charge in [-0.15, -0.1) is 0 Å². The number of imidazole rings is 1. The molecule has 0 bridgehead atoms. The molecule has 7 nitrogen and oxygen atoms in total. The van der Waals surface area contributed by atoms with Gasteiger partial charge < -0.3 is 25.1 Å². The van der Waals surface area contributed by atoms with Crippen molar-refractivity contribution in [1.82, 2.24) is 20.6 Å². The van der Waals surface area contributed by atoms with Crippen LogP contribution >= 0.6 is 0 Å². The van der Waals surface area contributed by atoms with Crippen molar-refractivity contribution in [2.45, 2.75) is 19.9 Å². The Labute approximate surface area is 165 Å². The highest BCUT2D eigenvalue weighted by Gasteiger charge is 2.06. The van der Waals surface area contributed by atoms with Crippen LogP contribution in [-0.2, 0) is 13.0 Å². The summed E-state index contributed by atoms with van der Waals surface area (Å²) in [6.45, 7) is 4.07. The Morgan fingerprint density at radius 3 is 2.71 bits per heavy atom. The SMILES string of the molecule is CCNC(=NCc1ccc(OC)cc1OC)NCCc1nc2ccccc2[nH]1. The largest absolute Gasteiger partial charge is 0.497 e. The lowest BCUT2D eigenvalue weighted by atomic mass is 10.2. The van der Waals surface area contributed by atoms with Crippen molar-refractivity contribution in [1.29, 1.82) is 0 Å². The third-order valence-corrected chi connectivity index (χ3v) is 4.34. The number of aromatic amines is 1. The van der Waals surface area contributed by atoms with E-state index >= 15 is 0 Å². The summed E-state index contributed by atoms with van der Waals surface area (Å²) in [7, 11) is 3.29. The van der Waals surface area contributed by atoms with Gasteiger partial charge in [0, 0.05) is 31.1 Å². The molecular formula is C21H27N5O2. The van der Waals surface area contributed by atoms with Crippen LogP contribution in [0, 0.1) is 0 Å². The highest BCUT2D eigenvalue weighted by atomic mass is 16.5. The first-order valence-electron chi connectivity index (χ1n) is 9.40. The molecule has 0 saturated carbocycles. The summed E-state index contributed by atoms with van der Waals surface area (Å²) in [5.41, 5.74) is 3.05. The Hall–Kier alpha value is -3.22. The predicted octanol–water partition coefficient (Wildman–Crippen LogP) is 2.88. The lowest BCUT2D eigenvalue weighted by Gasteiger charge is -2.12. The van der Waals surface area contributed by atoms with Gasteiger partial charge in [-0.1, -0.05) is 12.1 Å². The van der Waals surface area contributed by atoms with Gasteiger partial charge in [0.1, 0.15) is 17.3 Å². The normalized spacial score (nSPS) is 11.5. The standard InChI is InChI=1S/C21H27N5O2/c1-4-22-21(24-14-15-9-10-16(27-2)13-19(15)28-3)23-12-11-20-25-17-7-5-6-8-18(17)26-20/h5-10,13H,4,11-12,14H2,1-3H3,(H,25,26)(H2,22,23,24). The second kappa shape index (κ2) is 9.64. The van der Waals surface area contributed by atoms with Gasteiger partial charge in [0.05, 0.1) is 31.8 Å². The summed E-state index contributed by atoms with van der Waals surface area (Å²) < 4.78 is 10.7. The molecule has 148 valence electrons. The zero-order chi connectivity index (χ0) is 19.8. The van der Waals surface area contributed by atoms with Crippen molar-refractivity contribution in [3.63, 3.8) is 0 Å². The fourth-order valence-corrected chi connectivity index (χ4v) is 2.91. The lowest BCUT2D eigenvalue weighted by molar-refractivity contribution is 0.391. The first kappa shape index (κ1) is 19.5. The van der Waals surface area contributed by atoms with Crippen LogP contribution in [0.4, 0.5) is 0 Å². The molecule has 0 unspecified atom stereocenters. The number of benzene rings is 2. The molecule has 0 radical (unpaired) electrons. The Morgan fingerprint density at radius 2 is 1.96 bits per heavy atom. The minimum absolute atomic E-state index is 0.507. The van der Waals surface area contributed by atoms with Gasteiger partial charge in [-0.3, -0.25) is 0 Å². The number of methoxy groups -OCH3 is 2. The van der Waals surface area contributed by atoms with Crippen LogP contribution in [-0.4, -0.2) is 43.2 Å². The molecule has 1 heterocycles. The predicted molar refractivity (Wildman–Crippen MR) is 112 cm³/mol. The third kappa shape index (κ3) is 4.94. The number of nitrogens with zero attached hydrogens (tertiary/aromatic N) is 2. The molecule has 0 fully saturated rings. The third-order valence-electron chi connectivity index (χ3n) is 4.34. The first-order valence-corrected chi connectivity index (χ1v) is 9.40. The molecule has 3 rings (SSSR count). The maximum Gasteiger partial charge on any atom is 0.191 e. The van der Waals surface area contributed by atoms with E-state index in [1.807, 2.05) is 49.4 Å². The van der Waals surface area contributed by atoms with E-state index in [1.165, 1.54) is 0 Å². The quantitative estimate of drug-likeness (QED) is 0.413. The zero-order valence-corrected chi connectivity index (χ0v) is 16.6. The molecule has 28 heavy (non-hydrogen) atoms. The number of para-hydroxylation sites is 2. The average molecular weight is 381 g/mol. The maximum atomic E-state index is 5.45. The number of ether oxygens (including phenoxy) is 2. The molecule has 0 spiro atoms. The van der Waals surface area contributed by atoms with Crippen LogP contribution in [0.15, 0.2) is 47.5 Å². The van der Waals surface area contributed by atoms with E-state index in [9.17, 15) is 0 Å². The summed E-state index contributed by atoms with van der Waals surface area (Å²) >= 11 is 0. The summed E-state index contributed by atoms with van der Waals surface area (Å²) in [5, 5.41) is 6.63. The minimum atomic E-state index is 0.507. The molecule has 0 saturated heterocycles. The van der Waals surface area contributed by atoms with Gasteiger partial charge in [-0.25, -0.2) is 9.98 Å². The van der Waals surface area contributed by atoms with Crippen LogP contribution < -0.4 is 20.1 Å². The number of hydrogen-bond acceptors (Lipinski definition) is 4. The topological polar surface area (TPSA) is 83.6 Å². The molecule has 0 aliphatic rings. The van der Waals surface area contributed by atoms with Gasteiger partial charge >= 0.3 is 0 Å². The van der Waals surface area contributed by atoms with E-state index in [4.69, 9.17) is 9.47 Å². The monoisotopic (exact) mass is 381 g/mol. The van der Waals surface area contributed by atoms with Gasteiger partial charge in [-0.2, -0.15) is 0 Å². The minimum Gasteiger partial charge on any atom is -0.497 e. The molecule has 1 aromatic heterocycles. The van der Waals surface area contributed by atoms with E-state index in [1.54, 1.807) is 14.2 Å². The second-order valence-corrected chi connectivity index (χ2v) is 6.25. The van der Waals surface area contributed by atoms with Crippen LogP contribution in [0.5, 0.6) is 11.5 Å². The first-order chi connectivity index (χ1) is 13.7. The van der Waals surface area contributed by atoms with Crippen LogP contribution in [0.2, 0.25) is 0 Å². The highest BCUT2D eigenvalue weighted by molar-refractivity contribution is 5.79. The van der Waals surface area contributed by atoms with E-state index in [-0.39, 0.29) is 0 Å². The molecule has 3 aromatic rings. The lowest BCUT2D eigenvalue weighted by Crippen LogP contribution is -2.38. The van der Waals surface area contributed by atoms with Gasteiger partial charge in [0.2, 0.25) is 0 Å².